The lowest BCUT2D eigenvalue weighted by Gasteiger charge is -2.20. The van der Waals surface area contributed by atoms with Crippen molar-refractivity contribution in [1.82, 2.24) is 5.32 Å². The molecule has 1 aliphatic heterocycles. The van der Waals surface area contributed by atoms with Crippen LogP contribution >= 0.6 is 0 Å². The summed E-state index contributed by atoms with van der Waals surface area (Å²) in [5.41, 5.74) is 0.753. The van der Waals surface area contributed by atoms with E-state index in [1.54, 1.807) is 31.3 Å². The predicted molar refractivity (Wildman–Crippen MR) is 102 cm³/mol. The Morgan fingerprint density at radius 3 is 2.42 bits per heavy atom. The maximum Gasteiger partial charge on any atom is 0.229 e. The van der Waals surface area contributed by atoms with Crippen LogP contribution in [0.4, 0.5) is 5.69 Å². The fraction of sp³-hybridized carbons (Fsp3) is 0.600. The first-order chi connectivity index (χ1) is 12.5. The molecule has 0 aromatic heterocycles. The van der Waals surface area contributed by atoms with E-state index in [2.05, 4.69) is 19.2 Å². The van der Waals surface area contributed by atoms with Crippen molar-refractivity contribution in [3.05, 3.63) is 18.2 Å². The summed E-state index contributed by atoms with van der Waals surface area (Å²) >= 11 is 0. The van der Waals surface area contributed by atoms with Crippen LogP contribution in [0, 0.1) is 5.92 Å². The van der Waals surface area contributed by atoms with E-state index in [0.29, 0.717) is 24.5 Å². The molecule has 2 rings (SSSR count). The van der Waals surface area contributed by atoms with Crippen molar-refractivity contribution >= 4 is 17.5 Å². The van der Waals surface area contributed by atoms with Gasteiger partial charge in [0, 0.05) is 30.6 Å². The van der Waals surface area contributed by atoms with Gasteiger partial charge in [0.15, 0.2) is 11.5 Å². The highest BCUT2D eigenvalue weighted by molar-refractivity contribution is 5.97. The fourth-order valence-electron chi connectivity index (χ4n) is 3.47. The SMILES string of the molecule is CCCC(CCC)C(=O)N[C@H]1CC(=O)N(c2ccc(OC)c(OC)c2)C1. The van der Waals surface area contributed by atoms with E-state index >= 15 is 0 Å². The number of carbonyl (C=O) groups excluding carboxylic acids is 2. The lowest BCUT2D eigenvalue weighted by atomic mass is 9.97. The Balaban J connectivity index is 2.05. The highest BCUT2D eigenvalue weighted by Gasteiger charge is 2.33. The van der Waals surface area contributed by atoms with E-state index in [0.717, 1.165) is 31.4 Å². The summed E-state index contributed by atoms with van der Waals surface area (Å²) in [4.78, 5) is 26.7. The summed E-state index contributed by atoms with van der Waals surface area (Å²) in [6, 6.07) is 5.25. The number of hydrogen-bond acceptors (Lipinski definition) is 4. The zero-order valence-electron chi connectivity index (χ0n) is 16.2. The summed E-state index contributed by atoms with van der Waals surface area (Å²) in [6.07, 6.45) is 4.07. The Morgan fingerprint density at radius 2 is 1.85 bits per heavy atom. The number of rotatable bonds is 9. The van der Waals surface area contributed by atoms with E-state index in [4.69, 9.17) is 9.47 Å². The van der Waals surface area contributed by atoms with Crippen molar-refractivity contribution in [1.29, 1.82) is 0 Å². The van der Waals surface area contributed by atoms with Crippen LogP contribution in [0.15, 0.2) is 18.2 Å². The molecule has 0 spiro atoms. The highest BCUT2D eigenvalue weighted by atomic mass is 16.5. The van der Waals surface area contributed by atoms with Crippen LogP contribution in [0.3, 0.4) is 0 Å². The highest BCUT2D eigenvalue weighted by Crippen LogP contribution is 2.33. The Hall–Kier alpha value is -2.24. The monoisotopic (exact) mass is 362 g/mol. The lowest BCUT2D eigenvalue weighted by Crippen LogP contribution is -2.40. The molecular weight excluding hydrogens is 332 g/mol. The molecule has 0 bridgehead atoms. The van der Waals surface area contributed by atoms with E-state index in [-0.39, 0.29) is 23.8 Å². The topological polar surface area (TPSA) is 67.9 Å². The summed E-state index contributed by atoms with van der Waals surface area (Å²) in [6.45, 7) is 4.66. The van der Waals surface area contributed by atoms with E-state index in [1.807, 2.05) is 6.07 Å². The number of hydrogen-bond donors (Lipinski definition) is 1. The number of amides is 2. The molecule has 1 fully saturated rings. The van der Waals surface area contributed by atoms with Crippen molar-refractivity contribution in [2.24, 2.45) is 5.92 Å². The van der Waals surface area contributed by atoms with Crippen molar-refractivity contribution in [2.45, 2.75) is 52.0 Å². The average Bonchev–Trinajstić information content (AvgIpc) is 3.00. The maximum absolute atomic E-state index is 12.5. The van der Waals surface area contributed by atoms with Crippen LogP contribution in [-0.4, -0.2) is 38.6 Å². The molecule has 2 amide bonds. The van der Waals surface area contributed by atoms with Crippen LogP contribution in [-0.2, 0) is 9.59 Å². The van der Waals surface area contributed by atoms with Crippen molar-refractivity contribution in [3.63, 3.8) is 0 Å². The van der Waals surface area contributed by atoms with Crippen molar-refractivity contribution in [3.8, 4) is 11.5 Å². The zero-order chi connectivity index (χ0) is 19.1. The number of nitrogens with one attached hydrogen (secondary N) is 1. The van der Waals surface area contributed by atoms with Gasteiger partial charge in [-0.2, -0.15) is 0 Å². The minimum absolute atomic E-state index is 0.00468. The number of ether oxygens (including phenoxy) is 2. The minimum Gasteiger partial charge on any atom is -0.493 e. The molecule has 144 valence electrons. The molecule has 0 saturated carbocycles. The van der Waals surface area contributed by atoms with Crippen LogP contribution in [0.5, 0.6) is 11.5 Å². The molecule has 1 heterocycles. The second-order valence-corrected chi connectivity index (χ2v) is 6.73. The van der Waals surface area contributed by atoms with Gasteiger partial charge in [0.1, 0.15) is 0 Å². The van der Waals surface area contributed by atoms with Gasteiger partial charge in [-0.15, -0.1) is 0 Å². The fourth-order valence-corrected chi connectivity index (χ4v) is 3.47. The van der Waals surface area contributed by atoms with Gasteiger partial charge in [0.25, 0.3) is 0 Å². The molecule has 1 aromatic carbocycles. The van der Waals surface area contributed by atoms with Gasteiger partial charge in [-0.05, 0) is 25.0 Å². The number of methoxy groups -OCH3 is 2. The quantitative estimate of drug-likeness (QED) is 0.733. The second-order valence-electron chi connectivity index (χ2n) is 6.73. The third-order valence-corrected chi connectivity index (χ3v) is 4.80. The third-order valence-electron chi connectivity index (χ3n) is 4.80. The predicted octanol–water partition coefficient (Wildman–Crippen LogP) is 3.14. The number of nitrogens with zero attached hydrogens (tertiary/aromatic N) is 1. The van der Waals surface area contributed by atoms with E-state index in [1.165, 1.54) is 0 Å². The van der Waals surface area contributed by atoms with Gasteiger partial charge in [-0.25, -0.2) is 0 Å². The normalized spacial score (nSPS) is 16.9. The molecule has 1 atom stereocenters. The van der Waals surface area contributed by atoms with Crippen LogP contribution < -0.4 is 19.7 Å². The molecular formula is C20H30N2O4. The molecule has 1 aliphatic rings. The molecule has 1 aromatic rings. The zero-order valence-corrected chi connectivity index (χ0v) is 16.2. The summed E-state index contributed by atoms with van der Waals surface area (Å²) in [5, 5.41) is 3.07. The lowest BCUT2D eigenvalue weighted by molar-refractivity contribution is -0.126. The van der Waals surface area contributed by atoms with Gasteiger partial charge in [-0.3, -0.25) is 9.59 Å². The van der Waals surface area contributed by atoms with E-state index < -0.39 is 0 Å². The molecule has 1 N–H and O–H groups in total. The van der Waals surface area contributed by atoms with Crippen molar-refractivity contribution in [2.75, 3.05) is 25.7 Å². The van der Waals surface area contributed by atoms with Crippen LogP contribution in [0.25, 0.3) is 0 Å². The molecule has 6 nitrogen and oxygen atoms in total. The number of benzene rings is 1. The van der Waals surface area contributed by atoms with Crippen LogP contribution in [0.2, 0.25) is 0 Å². The van der Waals surface area contributed by atoms with Gasteiger partial charge < -0.3 is 19.7 Å². The maximum atomic E-state index is 12.5. The molecule has 26 heavy (non-hydrogen) atoms. The Kier molecular flexibility index (Phi) is 7.30. The van der Waals surface area contributed by atoms with Gasteiger partial charge in [-0.1, -0.05) is 26.7 Å². The average molecular weight is 362 g/mol. The number of carbonyl (C=O) groups is 2. The van der Waals surface area contributed by atoms with Crippen molar-refractivity contribution < 1.29 is 19.1 Å². The van der Waals surface area contributed by atoms with E-state index in [9.17, 15) is 9.59 Å². The third kappa shape index (κ3) is 4.68. The molecule has 0 radical (unpaired) electrons. The molecule has 0 aliphatic carbocycles. The minimum atomic E-state index is -0.153. The standard InChI is InChI=1S/C20H30N2O4/c1-5-7-14(8-6-2)20(24)21-15-11-19(23)22(13-15)16-9-10-17(25-3)18(12-16)26-4/h9-10,12,14-15H,5-8,11,13H2,1-4H3,(H,21,24)/t15-/m0/s1. The largest absolute Gasteiger partial charge is 0.493 e. The second kappa shape index (κ2) is 9.46. The Bertz CT molecular complexity index is 626. The first-order valence-corrected chi connectivity index (χ1v) is 9.36. The first-order valence-electron chi connectivity index (χ1n) is 9.36. The number of anilines is 1. The summed E-state index contributed by atoms with van der Waals surface area (Å²) in [5.74, 6) is 1.31. The Labute approximate surface area is 155 Å². The smallest absolute Gasteiger partial charge is 0.229 e. The van der Waals surface area contributed by atoms with Crippen LogP contribution in [0.1, 0.15) is 46.0 Å². The summed E-state index contributed by atoms with van der Waals surface area (Å²) < 4.78 is 10.6. The molecule has 0 unspecified atom stereocenters. The first kappa shape index (κ1) is 20.1. The molecule has 6 heteroatoms. The van der Waals surface area contributed by atoms with Gasteiger partial charge in [0.05, 0.1) is 20.3 Å². The van der Waals surface area contributed by atoms with Gasteiger partial charge in [0.2, 0.25) is 11.8 Å². The molecule has 1 saturated heterocycles. The van der Waals surface area contributed by atoms with Gasteiger partial charge >= 0.3 is 0 Å². The summed E-state index contributed by atoms with van der Waals surface area (Å²) in [7, 11) is 3.14. The Morgan fingerprint density at radius 1 is 1.19 bits per heavy atom.